The van der Waals surface area contributed by atoms with Crippen LogP contribution in [0.5, 0.6) is 11.5 Å². The Hall–Kier alpha value is -4.24. The fourth-order valence-electron chi connectivity index (χ4n) is 3.21. The van der Waals surface area contributed by atoms with Gasteiger partial charge in [0, 0.05) is 22.7 Å². The largest absolute Gasteiger partial charge is 0.454 e. The highest BCUT2D eigenvalue weighted by molar-refractivity contribution is 7.98. The van der Waals surface area contributed by atoms with Crippen LogP contribution in [0.4, 0.5) is 11.4 Å². The second-order valence-electron chi connectivity index (χ2n) is 7.33. The standard InChI is InChI=1S/C26H22N2O6S/c1-35-19-10-6-17(7-11-19)8-13-25(30)32-15-24(29)28-21-5-3-2-4-20(21)26(31)27-18-9-12-22-23(14-18)34-16-33-22/h2-14H,15-16H2,1H3,(H,27,31)(H,28,29)/b13-8+. The highest BCUT2D eigenvalue weighted by Gasteiger charge is 2.17. The first kappa shape index (κ1) is 23.9. The second-order valence-corrected chi connectivity index (χ2v) is 8.21. The van der Waals surface area contributed by atoms with Crippen LogP contribution in [-0.4, -0.2) is 37.4 Å². The smallest absolute Gasteiger partial charge is 0.331 e. The molecule has 3 aromatic carbocycles. The maximum atomic E-state index is 12.8. The zero-order valence-electron chi connectivity index (χ0n) is 18.8. The lowest BCUT2D eigenvalue weighted by atomic mass is 10.1. The number of rotatable bonds is 8. The lowest BCUT2D eigenvalue weighted by molar-refractivity contribution is -0.142. The Morgan fingerprint density at radius 1 is 0.971 bits per heavy atom. The van der Waals surface area contributed by atoms with Gasteiger partial charge in [0.1, 0.15) is 0 Å². The molecule has 1 heterocycles. The Morgan fingerprint density at radius 2 is 1.74 bits per heavy atom. The third-order valence-electron chi connectivity index (χ3n) is 4.95. The zero-order valence-corrected chi connectivity index (χ0v) is 19.6. The first-order chi connectivity index (χ1) is 17.0. The molecule has 0 atom stereocenters. The number of carbonyl (C=O) groups is 3. The van der Waals surface area contributed by atoms with E-state index in [1.165, 1.54) is 6.08 Å². The summed E-state index contributed by atoms with van der Waals surface area (Å²) >= 11 is 1.63. The van der Waals surface area contributed by atoms with Gasteiger partial charge in [0.15, 0.2) is 18.1 Å². The van der Waals surface area contributed by atoms with E-state index in [-0.39, 0.29) is 18.0 Å². The molecular weight excluding hydrogens is 468 g/mol. The Kier molecular flexibility index (Phi) is 7.69. The van der Waals surface area contributed by atoms with Crippen molar-refractivity contribution in [2.45, 2.75) is 4.90 Å². The summed E-state index contributed by atoms with van der Waals surface area (Å²) in [7, 11) is 0. The number of para-hydroxylation sites is 1. The van der Waals surface area contributed by atoms with Crippen LogP contribution in [0.1, 0.15) is 15.9 Å². The van der Waals surface area contributed by atoms with Crippen molar-refractivity contribution in [1.82, 2.24) is 0 Å². The fraction of sp³-hybridized carbons (Fsp3) is 0.115. The number of hydrogen-bond acceptors (Lipinski definition) is 7. The van der Waals surface area contributed by atoms with Crippen LogP contribution in [-0.2, 0) is 14.3 Å². The van der Waals surface area contributed by atoms with E-state index in [1.807, 2.05) is 30.5 Å². The molecule has 0 saturated heterocycles. The number of fused-ring (bicyclic) bond motifs is 1. The minimum atomic E-state index is -0.650. The number of carbonyl (C=O) groups excluding carboxylic acids is 3. The average molecular weight is 491 g/mol. The quantitative estimate of drug-likeness (QED) is 0.271. The van der Waals surface area contributed by atoms with Crippen molar-refractivity contribution < 1.29 is 28.6 Å². The maximum Gasteiger partial charge on any atom is 0.331 e. The molecule has 8 nitrogen and oxygen atoms in total. The topological polar surface area (TPSA) is 103 Å². The zero-order chi connectivity index (χ0) is 24.6. The number of esters is 1. The summed E-state index contributed by atoms with van der Waals surface area (Å²) < 4.78 is 15.6. The number of benzene rings is 3. The molecule has 0 unspecified atom stereocenters. The van der Waals surface area contributed by atoms with Crippen LogP contribution in [0, 0.1) is 0 Å². The van der Waals surface area contributed by atoms with Gasteiger partial charge in [-0.15, -0.1) is 11.8 Å². The molecule has 0 saturated carbocycles. The molecule has 178 valence electrons. The van der Waals surface area contributed by atoms with Gasteiger partial charge in [0.05, 0.1) is 11.3 Å². The summed E-state index contributed by atoms with van der Waals surface area (Å²) in [6, 6.07) is 19.2. The van der Waals surface area contributed by atoms with Crippen LogP contribution in [0.2, 0.25) is 0 Å². The SMILES string of the molecule is CSc1ccc(/C=C/C(=O)OCC(=O)Nc2ccccc2C(=O)Nc2ccc3c(c2)OCO3)cc1. The van der Waals surface area contributed by atoms with E-state index in [2.05, 4.69) is 10.6 Å². The van der Waals surface area contributed by atoms with Crippen molar-refractivity contribution in [2.24, 2.45) is 0 Å². The van der Waals surface area contributed by atoms with Crippen LogP contribution in [0.15, 0.2) is 77.7 Å². The van der Waals surface area contributed by atoms with E-state index in [0.29, 0.717) is 17.2 Å². The van der Waals surface area contributed by atoms with E-state index in [0.717, 1.165) is 10.5 Å². The molecule has 2 N–H and O–H groups in total. The number of anilines is 2. The third-order valence-corrected chi connectivity index (χ3v) is 5.69. The molecular formula is C26H22N2O6S. The number of thioether (sulfide) groups is 1. The molecule has 9 heteroatoms. The predicted molar refractivity (Wildman–Crippen MR) is 134 cm³/mol. The third kappa shape index (κ3) is 6.42. The van der Waals surface area contributed by atoms with Crippen LogP contribution in [0.3, 0.4) is 0 Å². The molecule has 0 aliphatic carbocycles. The van der Waals surface area contributed by atoms with Gasteiger partial charge >= 0.3 is 5.97 Å². The van der Waals surface area contributed by atoms with Gasteiger partial charge in [-0.3, -0.25) is 9.59 Å². The Balaban J connectivity index is 1.31. The normalized spacial score (nSPS) is 11.8. The fourth-order valence-corrected chi connectivity index (χ4v) is 3.62. The van der Waals surface area contributed by atoms with Gasteiger partial charge in [-0.05, 0) is 54.3 Å². The number of nitrogens with one attached hydrogen (secondary N) is 2. The van der Waals surface area contributed by atoms with Crippen molar-refractivity contribution in [3.05, 3.63) is 83.9 Å². The molecule has 1 aliphatic heterocycles. The molecule has 0 bridgehead atoms. The molecule has 35 heavy (non-hydrogen) atoms. The van der Waals surface area contributed by atoms with Crippen molar-refractivity contribution in [3.63, 3.8) is 0 Å². The molecule has 2 amide bonds. The van der Waals surface area contributed by atoms with Gasteiger partial charge in [0.2, 0.25) is 6.79 Å². The molecule has 1 aliphatic rings. The minimum Gasteiger partial charge on any atom is -0.454 e. The second kappa shape index (κ2) is 11.3. The van der Waals surface area contributed by atoms with E-state index < -0.39 is 24.4 Å². The van der Waals surface area contributed by atoms with Gasteiger partial charge in [-0.25, -0.2) is 4.79 Å². The van der Waals surface area contributed by atoms with Crippen molar-refractivity contribution >= 4 is 47.0 Å². The summed E-state index contributed by atoms with van der Waals surface area (Å²) in [5, 5.41) is 5.38. The Morgan fingerprint density at radius 3 is 2.54 bits per heavy atom. The minimum absolute atomic E-state index is 0.132. The lowest BCUT2D eigenvalue weighted by Crippen LogP contribution is -2.22. The van der Waals surface area contributed by atoms with E-state index in [4.69, 9.17) is 14.2 Å². The molecule has 4 rings (SSSR count). The van der Waals surface area contributed by atoms with Gasteiger partial charge in [0.25, 0.3) is 11.8 Å². The number of amides is 2. The van der Waals surface area contributed by atoms with Gasteiger partial charge < -0.3 is 24.8 Å². The van der Waals surface area contributed by atoms with E-state index in [9.17, 15) is 14.4 Å². The maximum absolute atomic E-state index is 12.8. The van der Waals surface area contributed by atoms with E-state index >= 15 is 0 Å². The van der Waals surface area contributed by atoms with Crippen molar-refractivity contribution in [2.75, 3.05) is 30.3 Å². The number of hydrogen-bond donors (Lipinski definition) is 2. The first-order valence-electron chi connectivity index (χ1n) is 10.6. The summed E-state index contributed by atoms with van der Waals surface area (Å²) in [6.45, 7) is -0.361. The van der Waals surface area contributed by atoms with Crippen LogP contribution < -0.4 is 20.1 Å². The highest BCUT2D eigenvalue weighted by atomic mass is 32.2. The van der Waals surface area contributed by atoms with Crippen molar-refractivity contribution in [1.29, 1.82) is 0 Å². The molecule has 0 spiro atoms. The lowest BCUT2D eigenvalue weighted by Gasteiger charge is -2.12. The summed E-state index contributed by atoms with van der Waals surface area (Å²) in [5.74, 6) is -0.500. The summed E-state index contributed by atoms with van der Waals surface area (Å²) in [4.78, 5) is 38.3. The monoisotopic (exact) mass is 490 g/mol. The van der Waals surface area contributed by atoms with Gasteiger partial charge in [-0.2, -0.15) is 0 Å². The molecule has 0 radical (unpaired) electrons. The first-order valence-corrected chi connectivity index (χ1v) is 11.8. The average Bonchev–Trinajstić information content (AvgIpc) is 3.35. The Labute approximate surface area is 206 Å². The number of ether oxygens (including phenoxy) is 3. The summed E-state index contributed by atoms with van der Waals surface area (Å²) in [6.07, 6.45) is 4.85. The van der Waals surface area contributed by atoms with Gasteiger partial charge in [-0.1, -0.05) is 24.3 Å². The molecule has 0 aromatic heterocycles. The van der Waals surface area contributed by atoms with E-state index in [1.54, 1.807) is 60.3 Å². The summed E-state index contributed by atoms with van der Waals surface area (Å²) in [5.41, 5.74) is 1.89. The molecule has 3 aromatic rings. The van der Waals surface area contributed by atoms with Crippen LogP contribution in [0.25, 0.3) is 6.08 Å². The van der Waals surface area contributed by atoms with Crippen molar-refractivity contribution in [3.8, 4) is 11.5 Å². The predicted octanol–water partition coefficient (Wildman–Crippen LogP) is 4.58. The highest BCUT2D eigenvalue weighted by Crippen LogP contribution is 2.34. The molecule has 0 fully saturated rings. The van der Waals surface area contributed by atoms with Crippen LogP contribution >= 0.6 is 11.8 Å². The Bertz CT molecular complexity index is 1270.